The first-order valence-corrected chi connectivity index (χ1v) is 9.33. The molecule has 0 aliphatic heterocycles. The quantitative estimate of drug-likeness (QED) is 0.641. The van der Waals surface area contributed by atoms with Crippen molar-refractivity contribution >= 4 is 17.3 Å². The third kappa shape index (κ3) is 3.91. The van der Waals surface area contributed by atoms with E-state index in [1.165, 1.54) is 0 Å². The van der Waals surface area contributed by atoms with Crippen molar-refractivity contribution in [3.05, 3.63) is 52.5 Å². The van der Waals surface area contributed by atoms with Crippen LogP contribution in [0.1, 0.15) is 35.1 Å². The van der Waals surface area contributed by atoms with E-state index in [4.69, 9.17) is 4.74 Å². The predicted molar refractivity (Wildman–Crippen MR) is 103 cm³/mol. The zero-order valence-electron chi connectivity index (χ0n) is 14.7. The maximum atomic E-state index is 11.2. The summed E-state index contributed by atoms with van der Waals surface area (Å²) >= 11 is 1.13. The van der Waals surface area contributed by atoms with Crippen LogP contribution in [0.4, 0.5) is 0 Å². The second-order valence-electron chi connectivity index (χ2n) is 5.91. The normalized spacial score (nSPS) is 10.7. The summed E-state index contributed by atoms with van der Waals surface area (Å²) in [4.78, 5) is 20.1. The third-order valence-corrected chi connectivity index (χ3v) is 4.92. The lowest BCUT2D eigenvalue weighted by Gasteiger charge is -2.10. The zero-order chi connectivity index (χ0) is 18.5. The van der Waals surface area contributed by atoms with Crippen molar-refractivity contribution in [3.8, 4) is 28.3 Å². The van der Waals surface area contributed by atoms with Gasteiger partial charge in [-0.2, -0.15) is 0 Å². The fourth-order valence-corrected chi connectivity index (χ4v) is 3.35. The van der Waals surface area contributed by atoms with Gasteiger partial charge in [-0.1, -0.05) is 13.3 Å². The maximum Gasteiger partial charge on any atom is 0.365 e. The molecule has 0 fully saturated rings. The molecule has 0 atom stereocenters. The van der Waals surface area contributed by atoms with Crippen LogP contribution in [0.25, 0.3) is 22.5 Å². The van der Waals surface area contributed by atoms with E-state index in [1.807, 2.05) is 30.5 Å². The van der Waals surface area contributed by atoms with Gasteiger partial charge in [-0.25, -0.2) is 9.78 Å². The molecule has 3 rings (SSSR count). The number of hydrogen-bond acceptors (Lipinski definition) is 5. The predicted octanol–water partition coefficient (Wildman–Crippen LogP) is 4.92. The summed E-state index contributed by atoms with van der Waals surface area (Å²) < 4.78 is 5.22. The van der Waals surface area contributed by atoms with Crippen molar-refractivity contribution in [2.45, 2.75) is 26.2 Å². The molecule has 0 aliphatic rings. The van der Waals surface area contributed by atoms with E-state index in [9.17, 15) is 9.90 Å². The van der Waals surface area contributed by atoms with Gasteiger partial charge in [-0.3, -0.25) is 4.98 Å². The lowest BCUT2D eigenvalue weighted by molar-refractivity contribution is 0.0696. The Labute approximate surface area is 156 Å². The summed E-state index contributed by atoms with van der Waals surface area (Å²) in [7, 11) is 1.63. The SMILES string of the molecule is CCCCc1cnc(-c2ccc(OC)cc2)c(-c2csc(C(=O)O)n2)c1. The fourth-order valence-electron chi connectivity index (χ4n) is 2.70. The molecule has 0 aliphatic carbocycles. The molecule has 0 bridgehead atoms. The molecule has 2 aromatic heterocycles. The number of carbonyl (C=O) groups is 1. The fraction of sp³-hybridized carbons (Fsp3) is 0.250. The minimum Gasteiger partial charge on any atom is -0.497 e. The third-order valence-electron chi connectivity index (χ3n) is 4.09. The van der Waals surface area contributed by atoms with Crippen LogP contribution in [0.3, 0.4) is 0 Å². The van der Waals surface area contributed by atoms with Gasteiger partial charge >= 0.3 is 5.97 Å². The zero-order valence-corrected chi connectivity index (χ0v) is 15.5. The number of rotatable bonds is 7. The van der Waals surface area contributed by atoms with Crippen molar-refractivity contribution in [1.29, 1.82) is 0 Å². The number of methoxy groups -OCH3 is 1. The van der Waals surface area contributed by atoms with E-state index in [2.05, 4.69) is 23.0 Å². The monoisotopic (exact) mass is 368 g/mol. The average molecular weight is 368 g/mol. The Kier molecular flexibility index (Phi) is 5.63. The molecule has 0 unspecified atom stereocenters. The van der Waals surface area contributed by atoms with Gasteiger partial charge in [0, 0.05) is 22.7 Å². The second-order valence-corrected chi connectivity index (χ2v) is 6.77. The first kappa shape index (κ1) is 18.1. The number of thiazole rings is 1. The number of ether oxygens (including phenoxy) is 1. The Bertz CT molecular complexity index is 904. The first-order valence-electron chi connectivity index (χ1n) is 8.45. The summed E-state index contributed by atoms with van der Waals surface area (Å²) in [5, 5.41) is 11.0. The minimum atomic E-state index is -1.01. The van der Waals surface area contributed by atoms with Crippen LogP contribution >= 0.6 is 11.3 Å². The van der Waals surface area contributed by atoms with E-state index in [-0.39, 0.29) is 5.01 Å². The van der Waals surface area contributed by atoms with Crippen LogP contribution in [0.2, 0.25) is 0 Å². The summed E-state index contributed by atoms with van der Waals surface area (Å²) in [5.41, 5.74) is 4.35. The number of aromatic nitrogens is 2. The highest BCUT2D eigenvalue weighted by molar-refractivity contribution is 7.11. The van der Waals surface area contributed by atoms with Crippen LogP contribution in [0, 0.1) is 0 Å². The molecule has 2 heterocycles. The Balaban J connectivity index is 2.07. The smallest absolute Gasteiger partial charge is 0.365 e. The van der Waals surface area contributed by atoms with Crippen LogP contribution in [0.5, 0.6) is 5.75 Å². The number of aryl methyl sites for hydroxylation is 1. The standard InChI is InChI=1S/C20H20N2O3S/c1-3-4-5-13-10-16(17-12-26-19(22-17)20(23)24)18(21-11-13)14-6-8-15(25-2)9-7-14/h6-12H,3-5H2,1-2H3,(H,23,24). The van der Waals surface area contributed by atoms with Crippen molar-refractivity contribution in [2.24, 2.45) is 0 Å². The number of unbranched alkanes of at least 4 members (excludes halogenated alkanes) is 1. The van der Waals surface area contributed by atoms with Gasteiger partial charge in [-0.15, -0.1) is 11.3 Å². The average Bonchev–Trinajstić information content (AvgIpc) is 3.17. The van der Waals surface area contributed by atoms with E-state index in [1.54, 1.807) is 12.5 Å². The van der Waals surface area contributed by atoms with Crippen molar-refractivity contribution < 1.29 is 14.6 Å². The van der Waals surface area contributed by atoms with E-state index < -0.39 is 5.97 Å². The number of carboxylic acids is 1. The Morgan fingerprint density at radius 1 is 1.27 bits per heavy atom. The summed E-state index contributed by atoms with van der Waals surface area (Å²) in [6.07, 6.45) is 5.02. The highest BCUT2D eigenvalue weighted by atomic mass is 32.1. The molecule has 134 valence electrons. The van der Waals surface area contributed by atoms with Crippen LogP contribution < -0.4 is 4.74 Å². The van der Waals surface area contributed by atoms with Gasteiger partial charge in [0.15, 0.2) is 0 Å². The van der Waals surface area contributed by atoms with Crippen molar-refractivity contribution in [2.75, 3.05) is 7.11 Å². The molecule has 1 aromatic carbocycles. The van der Waals surface area contributed by atoms with E-state index in [0.717, 1.165) is 58.7 Å². The Morgan fingerprint density at radius 3 is 2.65 bits per heavy atom. The molecule has 3 aromatic rings. The number of hydrogen-bond donors (Lipinski definition) is 1. The van der Waals surface area contributed by atoms with Gasteiger partial charge in [0.1, 0.15) is 5.75 Å². The second kappa shape index (κ2) is 8.10. The van der Waals surface area contributed by atoms with Gasteiger partial charge in [-0.05, 0) is 48.7 Å². The van der Waals surface area contributed by atoms with Crippen molar-refractivity contribution in [1.82, 2.24) is 9.97 Å². The van der Waals surface area contributed by atoms with Gasteiger partial charge in [0.25, 0.3) is 0 Å². The van der Waals surface area contributed by atoms with Crippen LogP contribution in [-0.2, 0) is 6.42 Å². The number of pyridine rings is 1. The van der Waals surface area contributed by atoms with Gasteiger partial charge < -0.3 is 9.84 Å². The van der Waals surface area contributed by atoms with Crippen molar-refractivity contribution in [3.63, 3.8) is 0 Å². The van der Waals surface area contributed by atoms with E-state index in [0.29, 0.717) is 5.69 Å². The number of benzene rings is 1. The highest BCUT2D eigenvalue weighted by Crippen LogP contribution is 2.33. The highest BCUT2D eigenvalue weighted by Gasteiger charge is 2.16. The Morgan fingerprint density at radius 2 is 2.04 bits per heavy atom. The van der Waals surface area contributed by atoms with Gasteiger partial charge in [0.05, 0.1) is 18.5 Å². The number of carboxylic acid groups (broad SMARTS) is 1. The van der Waals surface area contributed by atoms with Gasteiger partial charge in [0.2, 0.25) is 5.01 Å². The van der Waals surface area contributed by atoms with Crippen LogP contribution in [0.15, 0.2) is 41.9 Å². The molecule has 0 saturated heterocycles. The van der Waals surface area contributed by atoms with E-state index >= 15 is 0 Å². The summed E-state index contributed by atoms with van der Waals surface area (Å²) in [5.74, 6) is -0.237. The number of nitrogens with zero attached hydrogens (tertiary/aromatic N) is 2. The summed E-state index contributed by atoms with van der Waals surface area (Å²) in [6, 6.07) is 9.73. The first-order chi connectivity index (χ1) is 12.6. The molecular formula is C20H20N2O3S. The molecule has 0 amide bonds. The molecular weight excluding hydrogens is 348 g/mol. The lowest BCUT2D eigenvalue weighted by atomic mass is 10.0. The topological polar surface area (TPSA) is 72.3 Å². The molecule has 0 spiro atoms. The molecule has 6 heteroatoms. The largest absolute Gasteiger partial charge is 0.497 e. The summed E-state index contributed by atoms with van der Waals surface area (Å²) in [6.45, 7) is 2.15. The molecule has 1 N–H and O–H groups in total. The van der Waals surface area contributed by atoms with Crippen LogP contribution in [-0.4, -0.2) is 28.2 Å². The minimum absolute atomic E-state index is 0.0830. The molecule has 5 nitrogen and oxygen atoms in total. The molecule has 26 heavy (non-hydrogen) atoms. The number of aromatic carboxylic acids is 1. The molecule has 0 radical (unpaired) electrons. The Hall–Kier alpha value is -2.73. The molecule has 0 saturated carbocycles. The maximum absolute atomic E-state index is 11.2. The lowest BCUT2D eigenvalue weighted by Crippen LogP contribution is -1.97.